The van der Waals surface area contributed by atoms with Crippen molar-refractivity contribution in [2.75, 3.05) is 7.11 Å². The minimum absolute atomic E-state index is 0.0610. The molecule has 0 radical (unpaired) electrons. The van der Waals surface area contributed by atoms with Gasteiger partial charge in [0.15, 0.2) is 5.78 Å². The number of ether oxygens (including phenoxy) is 1. The number of hydrogen-bond acceptors (Lipinski definition) is 3. The van der Waals surface area contributed by atoms with Crippen molar-refractivity contribution < 1.29 is 19.4 Å². The fourth-order valence-corrected chi connectivity index (χ4v) is 1.69. The molecule has 17 heavy (non-hydrogen) atoms. The van der Waals surface area contributed by atoms with Crippen molar-refractivity contribution in [1.82, 2.24) is 0 Å². The number of hydrogen-bond donors (Lipinski definition) is 1. The number of rotatable bonds is 10. The molecule has 0 amide bonds. The summed E-state index contributed by atoms with van der Waals surface area (Å²) in [6, 6.07) is 0. The number of carboxylic acids is 1. The van der Waals surface area contributed by atoms with Crippen LogP contribution in [0.15, 0.2) is 0 Å². The minimum atomic E-state index is -0.728. The Bertz CT molecular complexity index is 250. The van der Waals surface area contributed by atoms with Gasteiger partial charge in [-0.3, -0.25) is 9.59 Å². The van der Waals surface area contributed by atoms with Gasteiger partial charge in [-0.05, 0) is 26.7 Å². The fourth-order valence-electron chi connectivity index (χ4n) is 1.69. The molecule has 1 N–H and O–H groups in total. The molecule has 1 unspecified atom stereocenters. The van der Waals surface area contributed by atoms with Crippen LogP contribution in [0.3, 0.4) is 0 Å². The van der Waals surface area contributed by atoms with Crippen molar-refractivity contribution in [2.45, 2.75) is 64.4 Å². The summed E-state index contributed by atoms with van der Waals surface area (Å²) in [4.78, 5) is 21.6. The Morgan fingerprint density at radius 3 is 2.12 bits per heavy atom. The molecule has 0 aliphatic heterocycles. The molecule has 100 valence electrons. The van der Waals surface area contributed by atoms with Crippen molar-refractivity contribution in [3.05, 3.63) is 0 Å². The predicted molar refractivity (Wildman–Crippen MR) is 66.0 cm³/mol. The summed E-state index contributed by atoms with van der Waals surface area (Å²) in [6.07, 6.45) is 5.65. The first-order valence-corrected chi connectivity index (χ1v) is 6.20. The van der Waals surface area contributed by atoms with Gasteiger partial charge in [0.1, 0.15) is 5.60 Å². The summed E-state index contributed by atoms with van der Waals surface area (Å²) in [5.74, 6) is -0.667. The summed E-state index contributed by atoms with van der Waals surface area (Å²) in [7, 11) is 1.56. The van der Waals surface area contributed by atoms with E-state index < -0.39 is 11.6 Å². The Balaban J connectivity index is 3.57. The van der Waals surface area contributed by atoms with E-state index in [1.165, 1.54) is 0 Å². The number of aliphatic carboxylic acids is 1. The van der Waals surface area contributed by atoms with E-state index in [1.807, 2.05) is 6.92 Å². The van der Waals surface area contributed by atoms with Crippen LogP contribution in [0.1, 0.15) is 58.8 Å². The molecule has 0 aromatic heterocycles. The van der Waals surface area contributed by atoms with E-state index in [4.69, 9.17) is 9.84 Å². The average Bonchev–Trinajstić information content (AvgIpc) is 2.26. The van der Waals surface area contributed by atoms with Crippen molar-refractivity contribution in [1.29, 1.82) is 0 Å². The molecular formula is C13H24O4. The molecular weight excluding hydrogens is 220 g/mol. The maximum Gasteiger partial charge on any atom is 0.303 e. The van der Waals surface area contributed by atoms with Crippen LogP contribution in [0.5, 0.6) is 0 Å². The Labute approximate surface area is 103 Å². The van der Waals surface area contributed by atoms with E-state index >= 15 is 0 Å². The summed E-state index contributed by atoms with van der Waals surface area (Å²) in [5, 5.41) is 8.46. The number of methoxy groups -OCH3 is 1. The topological polar surface area (TPSA) is 63.6 Å². The SMILES string of the molecule is COC(C)(CCCCCCCC(=O)O)C(C)=O. The predicted octanol–water partition coefficient (Wildman–Crippen LogP) is 2.80. The average molecular weight is 244 g/mol. The van der Waals surface area contributed by atoms with Crippen LogP contribution >= 0.6 is 0 Å². The van der Waals surface area contributed by atoms with Crippen LogP contribution in [0.25, 0.3) is 0 Å². The molecule has 0 aliphatic carbocycles. The summed E-state index contributed by atoms with van der Waals surface area (Å²) >= 11 is 0. The molecule has 0 rings (SSSR count). The molecule has 0 fully saturated rings. The molecule has 0 aromatic rings. The van der Waals surface area contributed by atoms with E-state index in [0.29, 0.717) is 0 Å². The summed E-state index contributed by atoms with van der Waals surface area (Å²) in [5.41, 5.74) is -0.652. The normalized spacial score (nSPS) is 14.3. The minimum Gasteiger partial charge on any atom is -0.481 e. The number of Topliss-reactive ketones (excluding diaryl/α,β-unsaturated/α-hetero) is 1. The number of carboxylic acid groups (broad SMARTS) is 1. The first kappa shape index (κ1) is 16.1. The lowest BCUT2D eigenvalue weighted by atomic mass is 9.94. The van der Waals surface area contributed by atoms with Crippen LogP contribution in [0.4, 0.5) is 0 Å². The molecule has 0 heterocycles. The van der Waals surface area contributed by atoms with Gasteiger partial charge in [-0.1, -0.05) is 25.7 Å². The first-order chi connectivity index (χ1) is 7.92. The molecule has 0 spiro atoms. The van der Waals surface area contributed by atoms with Crippen molar-refractivity contribution in [3.8, 4) is 0 Å². The monoisotopic (exact) mass is 244 g/mol. The van der Waals surface area contributed by atoms with Gasteiger partial charge in [0.25, 0.3) is 0 Å². The largest absolute Gasteiger partial charge is 0.481 e. The zero-order chi connectivity index (χ0) is 13.3. The van der Waals surface area contributed by atoms with Gasteiger partial charge >= 0.3 is 5.97 Å². The lowest BCUT2D eigenvalue weighted by molar-refractivity contribution is -0.138. The van der Waals surface area contributed by atoms with Gasteiger partial charge in [-0.2, -0.15) is 0 Å². The Morgan fingerprint density at radius 2 is 1.65 bits per heavy atom. The second-order valence-electron chi connectivity index (χ2n) is 4.65. The van der Waals surface area contributed by atoms with E-state index in [2.05, 4.69) is 0 Å². The Morgan fingerprint density at radius 1 is 1.12 bits per heavy atom. The fraction of sp³-hybridized carbons (Fsp3) is 0.846. The highest BCUT2D eigenvalue weighted by molar-refractivity contribution is 5.84. The van der Waals surface area contributed by atoms with Crippen LogP contribution < -0.4 is 0 Å². The summed E-state index contributed by atoms with van der Waals surface area (Å²) < 4.78 is 5.23. The van der Waals surface area contributed by atoms with Gasteiger partial charge in [-0.15, -0.1) is 0 Å². The van der Waals surface area contributed by atoms with E-state index in [0.717, 1.165) is 38.5 Å². The van der Waals surface area contributed by atoms with Crippen molar-refractivity contribution >= 4 is 11.8 Å². The highest BCUT2D eigenvalue weighted by atomic mass is 16.5. The molecule has 0 saturated heterocycles. The van der Waals surface area contributed by atoms with E-state index in [-0.39, 0.29) is 12.2 Å². The lowest BCUT2D eigenvalue weighted by Gasteiger charge is -2.24. The van der Waals surface area contributed by atoms with Crippen LogP contribution in [0, 0.1) is 0 Å². The van der Waals surface area contributed by atoms with Crippen molar-refractivity contribution in [2.24, 2.45) is 0 Å². The molecule has 4 heteroatoms. The Hall–Kier alpha value is -0.900. The second-order valence-corrected chi connectivity index (χ2v) is 4.65. The van der Waals surface area contributed by atoms with Gasteiger partial charge in [0.2, 0.25) is 0 Å². The summed E-state index contributed by atoms with van der Waals surface area (Å²) in [6.45, 7) is 3.37. The zero-order valence-corrected chi connectivity index (χ0v) is 11.1. The maximum absolute atomic E-state index is 11.3. The van der Waals surface area contributed by atoms with Gasteiger partial charge in [-0.25, -0.2) is 0 Å². The molecule has 0 aliphatic rings. The van der Waals surface area contributed by atoms with Crippen LogP contribution in [-0.2, 0) is 14.3 Å². The van der Waals surface area contributed by atoms with E-state index in [1.54, 1.807) is 14.0 Å². The lowest BCUT2D eigenvalue weighted by Crippen LogP contribution is -2.35. The van der Waals surface area contributed by atoms with E-state index in [9.17, 15) is 9.59 Å². The molecule has 0 saturated carbocycles. The number of ketones is 1. The molecule has 0 aromatic carbocycles. The van der Waals surface area contributed by atoms with Crippen molar-refractivity contribution in [3.63, 3.8) is 0 Å². The third-order valence-electron chi connectivity index (χ3n) is 3.24. The van der Waals surface area contributed by atoms with Gasteiger partial charge in [0, 0.05) is 13.5 Å². The Kier molecular flexibility index (Phi) is 7.79. The van der Waals surface area contributed by atoms with Crippen LogP contribution in [-0.4, -0.2) is 29.6 Å². The van der Waals surface area contributed by atoms with Gasteiger partial charge in [0.05, 0.1) is 0 Å². The zero-order valence-electron chi connectivity index (χ0n) is 11.1. The van der Waals surface area contributed by atoms with Gasteiger partial charge < -0.3 is 9.84 Å². The molecule has 1 atom stereocenters. The third kappa shape index (κ3) is 7.10. The maximum atomic E-state index is 11.3. The number of carbonyl (C=O) groups is 2. The molecule has 4 nitrogen and oxygen atoms in total. The standard InChI is InChI=1S/C13H24O4/c1-11(14)13(2,17-3)10-8-6-4-5-7-9-12(15)16/h4-10H2,1-3H3,(H,15,16). The molecule has 0 bridgehead atoms. The smallest absolute Gasteiger partial charge is 0.303 e. The highest BCUT2D eigenvalue weighted by Gasteiger charge is 2.28. The first-order valence-electron chi connectivity index (χ1n) is 6.20. The number of carbonyl (C=O) groups excluding carboxylic acids is 1. The number of unbranched alkanes of at least 4 members (excludes halogenated alkanes) is 4. The second kappa shape index (κ2) is 8.23. The highest BCUT2D eigenvalue weighted by Crippen LogP contribution is 2.20. The van der Waals surface area contributed by atoms with Crippen LogP contribution in [0.2, 0.25) is 0 Å². The quantitative estimate of drug-likeness (QED) is 0.600. The third-order valence-corrected chi connectivity index (χ3v) is 3.24.